The highest BCUT2D eigenvalue weighted by atomic mass is 16.5. The Labute approximate surface area is 88.9 Å². The fraction of sp³-hybridized carbons (Fsp3) is 0. The van der Waals surface area contributed by atoms with Crippen LogP contribution in [0.2, 0.25) is 0 Å². The van der Waals surface area contributed by atoms with Crippen molar-refractivity contribution in [3.05, 3.63) is 60.8 Å². The average molecular weight is 197 g/mol. The van der Waals surface area contributed by atoms with Crippen LogP contribution in [0.25, 0.3) is 6.08 Å². The molecule has 15 heavy (non-hydrogen) atoms. The van der Waals surface area contributed by atoms with Gasteiger partial charge in [-0.1, -0.05) is 30.9 Å². The molecule has 0 aliphatic heterocycles. The SMILES string of the molecule is C=Cc1ccc(Oc2ccccc2)nc1. The van der Waals surface area contributed by atoms with Gasteiger partial charge >= 0.3 is 0 Å². The quantitative estimate of drug-likeness (QED) is 0.751. The minimum atomic E-state index is 0.590. The monoisotopic (exact) mass is 197 g/mol. The van der Waals surface area contributed by atoms with E-state index in [1.807, 2.05) is 42.5 Å². The summed E-state index contributed by atoms with van der Waals surface area (Å²) < 4.78 is 5.53. The van der Waals surface area contributed by atoms with E-state index >= 15 is 0 Å². The molecule has 2 nitrogen and oxygen atoms in total. The number of aromatic nitrogens is 1. The molecule has 2 aromatic rings. The lowest BCUT2D eigenvalue weighted by atomic mass is 10.3. The van der Waals surface area contributed by atoms with Gasteiger partial charge in [-0.25, -0.2) is 4.98 Å². The number of rotatable bonds is 3. The third kappa shape index (κ3) is 2.44. The van der Waals surface area contributed by atoms with E-state index in [4.69, 9.17) is 4.74 Å². The zero-order valence-corrected chi connectivity index (χ0v) is 8.26. The van der Waals surface area contributed by atoms with E-state index in [0.29, 0.717) is 5.88 Å². The largest absolute Gasteiger partial charge is 0.439 e. The Kier molecular flexibility index (Phi) is 2.79. The highest BCUT2D eigenvalue weighted by Crippen LogP contribution is 2.18. The summed E-state index contributed by atoms with van der Waals surface area (Å²) in [6.07, 6.45) is 3.48. The Morgan fingerprint density at radius 3 is 2.47 bits per heavy atom. The van der Waals surface area contributed by atoms with Crippen molar-refractivity contribution in [3.63, 3.8) is 0 Å². The third-order valence-electron chi connectivity index (χ3n) is 1.96. The summed E-state index contributed by atoms with van der Waals surface area (Å²) in [4.78, 5) is 4.15. The van der Waals surface area contributed by atoms with Crippen LogP contribution in [0.15, 0.2) is 55.2 Å². The molecule has 1 aromatic heterocycles. The molecular formula is C13H11NO. The first-order chi connectivity index (χ1) is 7.38. The number of ether oxygens (including phenoxy) is 1. The van der Waals surface area contributed by atoms with Crippen LogP contribution in [0, 0.1) is 0 Å². The molecule has 0 saturated heterocycles. The maximum atomic E-state index is 5.53. The lowest BCUT2D eigenvalue weighted by molar-refractivity contribution is 0.463. The number of para-hydroxylation sites is 1. The standard InChI is InChI=1S/C13H11NO/c1-2-11-8-9-13(14-10-11)15-12-6-4-3-5-7-12/h2-10H,1H2. The van der Waals surface area contributed by atoms with E-state index in [2.05, 4.69) is 11.6 Å². The summed E-state index contributed by atoms with van der Waals surface area (Å²) in [5.41, 5.74) is 0.982. The van der Waals surface area contributed by atoms with Crippen molar-refractivity contribution in [1.29, 1.82) is 0 Å². The molecule has 0 aliphatic rings. The van der Waals surface area contributed by atoms with Crippen molar-refractivity contribution in [3.8, 4) is 11.6 Å². The van der Waals surface area contributed by atoms with Crippen molar-refractivity contribution in [2.75, 3.05) is 0 Å². The lowest BCUT2D eigenvalue weighted by Gasteiger charge is -2.03. The van der Waals surface area contributed by atoms with Gasteiger partial charge in [0.05, 0.1) is 0 Å². The van der Waals surface area contributed by atoms with Gasteiger partial charge in [-0.05, 0) is 23.8 Å². The van der Waals surface area contributed by atoms with Gasteiger partial charge < -0.3 is 4.74 Å². The first-order valence-electron chi connectivity index (χ1n) is 4.70. The van der Waals surface area contributed by atoms with Crippen LogP contribution < -0.4 is 4.74 Å². The molecule has 0 bridgehead atoms. The molecule has 1 aromatic carbocycles. The topological polar surface area (TPSA) is 22.1 Å². The maximum absolute atomic E-state index is 5.53. The van der Waals surface area contributed by atoms with Gasteiger partial charge in [-0.2, -0.15) is 0 Å². The molecule has 0 atom stereocenters. The molecule has 0 aliphatic carbocycles. The Bertz CT molecular complexity index is 434. The van der Waals surface area contributed by atoms with Crippen molar-refractivity contribution < 1.29 is 4.74 Å². The lowest BCUT2D eigenvalue weighted by Crippen LogP contribution is -1.87. The summed E-state index contributed by atoms with van der Waals surface area (Å²) in [5, 5.41) is 0. The minimum Gasteiger partial charge on any atom is -0.439 e. The van der Waals surface area contributed by atoms with Crippen LogP contribution >= 0.6 is 0 Å². The molecular weight excluding hydrogens is 186 g/mol. The molecule has 0 saturated carbocycles. The van der Waals surface area contributed by atoms with E-state index < -0.39 is 0 Å². The van der Waals surface area contributed by atoms with Gasteiger partial charge in [-0.15, -0.1) is 0 Å². The number of hydrogen-bond acceptors (Lipinski definition) is 2. The first kappa shape index (κ1) is 9.46. The van der Waals surface area contributed by atoms with Crippen LogP contribution in [-0.4, -0.2) is 4.98 Å². The molecule has 0 spiro atoms. The summed E-state index contributed by atoms with van der Waals surface area (Å²) >= 11 is 0. The fourth-order valence-corrected chi connectivity index (χ4v) is 1.18. The zero-order chi connectivity index (χ0) is 10.5. The predicted molar refractivity (Wildman–Crippen MR) is 60.8 cm³/mol. The highest BCUT2D eigenvalue weighted by Gasteiger charge is 1.96. The van der Waals surface area contributed by atoms with Crippen molar-refractivity contribution in [2.24, 2.45) is 0 Å². The highest BCUT2D eigenvalue weighted by molar-refractivity contribution is 5.45. The van der Waals surface area contributed by atoms with Crippen molar-refractivity contribution >= 4 is 6.08 Å². The fourth-order valence-electron chi connectivity index (χ4n) is 1.18. The molecule has 74 valence electrons. The molecule has 0 amide bonds. The average Bonchev–Trinajstić information content (AvgIpc) is 2.31. The number of pyridine rings is 1. The van der Waals surface area contributed by atoms with Crippen LogP contribution in [-0.2, 0) is 0 Å². The summed E-state index contributed by atoms with van der Waals surface area (Å²) in [6, 6.07) is 13.3. The van der Waals surface area contributed by atoms with E-state index in [1.165, 1.54) is 0 Å². The molecule has 0 N–H and O–H groups in total. The van der Waals surface area contributed by atoms with Crippen LogP contribution in [0.1, 0.15) is 5.56 Å². The van der Waals surface area contributed by atoms with Crippen molar-refractivity contribution in [2.45, 2.75) is 0 Å². The van der Waals surface area contributed by atoms with E-state index in [-0.39, 0.29) is 0 Å². The van der Waals surface area contributed by atoms with Crippen LogP contribution in [0.5, 0.6) is 11.6 Å². The maximum Gasteiger partial charge on any atom is 0.219 e. The Balaban J connectivity index is 2.15. The Morgan fingerprint density at radius 1 is 1.07 bits per heavy atom. The van der Waals surface area contributed by atoms with Crippen LogP contribution in [0.3, 0.4) is 0 Å². The second-order valence-electron chi connectivity index (χ2n) is 3.05. The van der Waals surface area contributed by atoms with Gasteiger partial charge in [-0.3, -0.25) is 0 Å². The number of nitrogens with zero attached hydrogens (tertiary/aromatic N) is 1. The number of benzene rings is 1. The van der Waals surface area contributed by atoms with Gasteiger partial charge in [0, 0.05) is 12.3 Å². The molecule has 2 heteroatoms. The molecule has 0 fully saturated rings. The van der Waals surface area contributed by atoms with E-state index in [0.717, 1.165) is 11.3 Å². The van der Waals surface area contributed by atoms with Gasteiger partial charge in [0.25, 0.3) is 0 Å². The zero-order valence-electron chi connectivity index (χ0n) is 8.26. The predicted octanol–water partition coefficient (Wildman–Crippen LogP) is 3.52. The minimum absolute atomic E-state index is 0.590. The second kappa shape index (κ2) is 4.42. The van der Waals surface area contributed by atoms with E-state index in [1.54, 1.807) is 12.3 Å². The van der Waals surface area contributed by atoms with Gasteiger partial charge in [0.1, 0.15) is 5.75 Å². The van der Waals surface area contributed by atoms with Gasteiger partial charge in [0.2, 0.25) is 5.88 Å². The normalized spacial score (nSPS) is 9.60. The Morgan fingerprint density at radius 2 is 1.87 bits per heavy atom. The molecule has 2 rings (SSSR count). The smallest absolute Gasteiger partial charge is 0.219 e. The molecule has 0 radical (unpaired) electrons. The molecule has 1 heterocycles. The first-order valence-corrected chi connectivity index (χ1v) is 4.70. The van der Waals surface area contributed by atoms with E-state index in [9.17, 15) is 0 Å². The van der Waals surface area contributed by atoms with Crippen LogP contribution in [0.4, 0.5) is 0 Å². The summed E-state index contributed by atoms with van der Waals surface area (Å²) in [6.45, 7) is 3.66. The summed E-state index contributed by atoms with van der Waals surface area (Å²) in [7, 11) is 0. The van der Waals surface area contributed by atoms with Gasteiger partial charge in [0.15, 0.2) is 0 Å². The molecule has 0 unspecified atom stereocenters. The second-order valence-corrected chi connectivity index (χ2v) is 3.05. The number of hydrogen-bond donors (Lipinski definition) is 0. The summed E-state index contributed by atoms with van der Waals surface area (Å²) in [5.74, 6) is 1.38. The van der Waals surface area contributed by atoms with Crippen molar-refractivity contribution in [1.82, 2.24) is 4.98 Å². The third-order valence-corrected chi connectivity index (χ3v) is 1.96. The Hall–Kier alpha value is -2.09.